The van der Waals surface area contributed by atoms with Crippen molar-refractivity contribution >= 4 is 5.91 Å². The van der Waals surface area contributed by atoms with E-state index in [-0.39, 0.29) is 11.9 Å². The number of rotatable bonds is 7. The molecule has 2 rings (SSSR count). The summed E-state index contributed by atoms with van der Waals surface area (Å²) < 4.78 is 11.2. The van der Waals surface area contributed by atoms with Gasteiger partial charge in [0.2, 0.25) is 5.91 Å². The Morgan fingerprint density at radius 3 is 2.64 bits per heavy atom. The minimum atomic E-state index is -0.0158. The van der Waals surface area contributed by atoms with Crippen LogP contribution in [0.3, 0.4) is 0 Å². The highest BCUT2D eigenvalue weighted by Gasteiger charge is 2.21. The number of hydrogen-bond acceptors (Lipinski definition) is 4. The normalized spacial score (nSPS) is 14.7. The van der Waals surface area contributed by atoms with E-state index in [9.17, 15) is 4.79 Å². The number of amides is 1. The van der Waals surface area contributed by atoms with E-state index in [0.29, 0.717) is 25.6 Å². The Kier molecular flexibility index (Phi) is 6.07. The molecule has 1 atom stereocenters. The summed E-state index contributed by atoms with van der Waals surface area (Å²) in [6.45, 7) is 6.22. The highest BCUT2D eigenvalue weighted by Crippen LogP contribution is 2.34. The van der Waals surface area contributed by atoms with Crippen LogP contribution in [0.25, 0.3) is 0 Å². The third kappa shape index (κ3) is 4.37. The minimum Gasteiger partial charge on any atom is -0.486 e. The molecule has 1 amide bonds. The number of ether oxygens (including phenoxy) is 2. The second-order valence-corrected chi connectivity index (χ2v) is 5.90. The van der Waals surface area contributed by atoms with E-state index in [1.165, 1.54) is 0 Å². The van der Waals surface area contributed by atoms with Crippen molar-refractivity contribution < 1.29 is 14.3 Å². The van der Waals surface area contributed by atoms with Crippen LogP contribution in [0.5, 0.6) is 11.5 Å². The van der Waals surface area contributed by atoms with Crippen LogP contribution in [-0.2, 0) is 4.79 Å². The molecule has 0 aliphatic carbocycles. The SMILES string of the molecule is CNCCCC(=O)NC(c1ccc2c(c1)OCCO2)C(C)C. The highest BCUT2D eigenvalue weighted by atomic mass is 16.6. The van der Waals surface area contributed by atoms with Crippen LogP contribution in [-0.4, -0.2) is 32.7 Å². The molecule has 1 aromatic rings. The molecule has 1 aliphatic heterocycles. The minimum absolute atomic E-state index is 0.0158. The van der Waals surface area contributed by atoms with E-state index in [1.807, 2.05) is 25.2 Å². The third-order valence-corrected chi connectivity index (χ3v) is 3.74. The molecule has 1 heterocycles. The molecule has 0 bridgehead atoms. The van der Waals surface area contributed by atoms with Gasteiger partial charge >= 0.3 is 0 Å². The van der Waals surface area contributed by atoms with Crippen LogP contribution in [0.2, 0.25) is 0 Å². The van der Waals surface area contributed by atoms with Crippen molar-refractivity contribution in [2.75, 3.05) is 26.8 Å². The summed E-state index contributed by atoms with van der Waals surface area (Å²) in [5.41, 5.74) is 1.06. The van der Waals surface area contributed by atoms with Gasteiger partial charge in [-0.3, -0.25) is 4.79 Å². The Labute approximate surface area is 132 Å². The number of nitrogens with one attached hydrogen (secondary N) is 2. The van der Waals surface area contributed by atoms with Crippen molar-refractivity contribution in [3.63, 3.8) is 0 Å². The molecule has 5 nitrogen and oxygen atoms in total. The van der Waals surface area contributed by atoms with Crippen molar-refractivity contribution in [3.8, 4) is 11.5 Å². The number of carbonyl (C=O) groups excluding carboxylic acids is 1. The van der Waals surface area contributed by atoms with Gasteiger partial charge in [0.25, 0.3) is 0 Å². The maximum atomic E-state index is 12.1. The summed E-state index contributed by atoms with van der Waals surface area (Å²) in [6.07, 6.45) is 1.38. The smallest absolute Gasteiger partial charge is 0.220 e. The fraction of sp³-hybridized carbons (Fsp3) is 0.588. The lowest BCUT2D eigenvalue weighted by molar-refractivity contribution is -0.122. The Hall–Kier alpha value is -1.75. The van der Waals surface area contributed by atoms with Gasteiger partial charge in [0.05, 0.1) is 6.04 Å². The summed E-state index contributed by atoms with van der Waals surface area (Å²) in [5.74, 6) is 1.93. The molecule has 1 aromatic carbocycles. The maximum absolute atomic E-state index is 12.1. The second-order valence-electron chi connectivity index (χ2n) is 5.90. The van der Waals surface area contributed by atoms with Gasteiger partial charge in [0.15, 0.2) is 11.5 Å². The predicted octanol–water partition coefficient (Wildman–Crippen LogP) is 2.27. The van der Waals surface area contributed by atoms with Crippen molar-refractivity contribution in [3.05, 3.63) is 23.8 Å². The first kappa shape index (κ1) is 16.6. The summed E-state index contributed by atoms with van der Waals surface area (Å²) in [7, 11) is 1.89. The Morgan fingerprint density at radius 2 is 1.95 bits per heavy atom. The van der Waals surface area contributed by atoms with Crippen LogP contribution < -0.4 is 20.1 Å². The summed E-state index contributed by atoms with van der Waals surface area (Å²) in [5, 5.41) is 6.19. The van der Waals surface area contributed by atoms with E-state index in [0.717, 1.165) is 30.0 Å². The molecular formula is C17H26N2O3. The molecule has 0 fully saturated rings. The van der Waals surface area contributed by atoms with E-state index < -0.39 is 0 Å². The highest BCUT2D eigenvalue weighted by molar-refractivity contribution is 5.76. The zero-order valence-electron chi connectivity index (χ0n) is 13.6. The Balaban J connectivity index is 2.06. The lowest BCUT2D eigenvalue weighted by Crippen LogP contribution is -2.32. The molecule has 1 unspecified atom stereocenters. The van der Waals surface area contributed by atoms with E-state index in [1.54, 1.807) is 0 Å². The van der Waals surface area contributed by atoms with Crippen molar-refractivity contribution in [2.24, 2.45) is 5.92 Å². The summed E-state index contributed by atoms with van der Waals surface area (Å²) >= 11 is 0. The zero-order valence-corrected chi connectivity index (χ0v) is 13.6. The molecule has 5 heteroatoms. The maximum Gasteiger partial charge on any atom is 0.220 e. The number of benzene rings is 1. The van der Waals surface area contributed by atoms with Gasteiger partial charge in [-0.05, 0) is 43.6 Å². The molecule has 0 spiro atoms. The van der Waals surface area contributed by atoms with E-state index in [4.69, 9.17) is 9.47 Å². The molecule has 2 N–H and O–H groups in total. The van der Waals surface area contributed by atoms with Crippen molar-refractivity contribution in [1.29, 1.82) is 0 Å². The van der Waals surface area contributed by atoms with Crippen LogP contribution in [0, 0.1) is 5.92 Å². The lowest BCUT2D eigenvalue weighted by atomic mass is 9.95. The van der Waals surface area contributed by atoms with Gasteiger partial charge in [-0.2, -0.15) is 0 Å². The Morgan fingerprint density at radius 1 is 1.23 bits per heavy atom. The second kappa shape index (κ2) is 8.03. The number of hydrogen-bond donors (Lipinski definition) is 2. The van der Waals surface area contributed by atoms with E-state index >= 15 is 0 Å². The van der Waals surface area contributed by atoms with Crippen molar-refractivity contribution in [2.45, 2.75) is 32.7 Å². The van der Waals surface area contributed by atoms with Gasteiger partial charge in [0.1, 0.15) is 13.2 Å². The molecule has 0 radical (unpaired) electrons. The van der Waals surface area contributed by atoms with Gasteiger partial charge in [-0.1, -0.05) is 19.9 Å². The molecule has 122 valence electrons. The van der Waals surface area contributed by atoms with Gasteiger partial charge in [-0.15, -0.1) is 0 Å². The quantitative estimate of drug-likeness (QED) is 0.759. The average Bonchev–Trinajstić information content (AvgIpc) is 2.52. The molecule has 1 aliphatic rings. The van der Waals surface area contributed by atoms with Gasteiger partial charge < -0.3 is 20.1 Å². The monoisotopic (exact) mass is 306 g/mol. The van der Waals surface area contributed by atoms with Gasteiger partial charge in [-0.25, -0.2) is 0 Å². The van der Waals surface area contributed by atoms with Gasteiger partial charge in [0, 0.05) is 6.42 Å². The predicted molar refractivity (Wildman–Crippen MR) is 86.3 cm³/mol. The number of fused-ring (bicyclic) bond motifs is 1. The fourth-order valence-electron chi connectivity index (χ4n) is 2.56. The first-order chi connectivity index (χ1) is 10.6. The standard InChI is InChI=1S/C17H26N2O3/c1-12(2)17(19-16(20)5-4-8-18-3)13-6-7-14-15(11-13)22-10-9-21-14/h6-7,11-12,17-18H,4-5,8-10H2,1-3H3,(H,19,20). The largest absolute Gasteiger partial charge is 0.486 e. The first-order valence-corrected chi connectivity index (χ1v) is 7.95. The summed E-state index contributed by atoms with van der Waals surface area (Å²) in [6, 6.07) is 5.89. The fourth-order valence-corrected chi connectivity index (χ4v) is 2.56. The molecule has 0 saturated carbocycles. The van der Waals surface area contributed by atoms with Crippen molar-refractivity contribution in [1.82, 2.24) is 10.6 Å². The molecular weight excluding hydrogens is 280 g/mol. The Bertz CT molecular complexity index is 503. The average molecular weight is 306 g/mol. The third-order valence-electron chi connectivity index (χ3n) is 3.74. The van der Waals surface area contributed by atoms with Crippen LogP contribution in [0.15, 0.2) is 18.2 Å². The summed E-state index contributed by atoms with van der Waals surface area (Å²) in [4.78, 5) is 12.1. The van der Waals surface area contributed by atoms with E-state index in [2.05, 4.69) is 24.5 Å². The lowest BCUT2D eigenvalue weighted by Gasteiger charge is -2.25. The zero-order chi connectivity index (χ0) is 15.9. The van der Waals surface area contributed by atoms with Crippen LogP contribution in [0.4, 0.5) is 0 Å². The topological polar surface area (TPSA) is 59.6 Å². The van der Waals surface area contributed by atoms with Crippen LogP contribution >= 0.6 is 0 Å². The molecule has 0 saturated heterocycles. The van der Waals surface area contributed by atoms with Crippen LogP contribution in [0.1, 0.15) is 38.3 Å². The number of carbonyl (C=O) groups is 1. The first-order valence-electron chi connectivity index (χ1n) is 7.95. The molecule has 22 heavy (non-hydrogen) atoms. The molecule has 0 aromatic heterocycles.